The normalized spacial score (nSPS) is 14.7. The Bertz CT molecular complexity index is 657. The van der Waals surface area contributed by atoms with Crippen LogP contribution < -0.4 is 5.32 Å². The topological polar surface area (TPSA) is 67.4 Å². The van der Waals surface area contributed by atoms with E-state index < -0.39 is 0 Å². The van der Waals surface area contributed by atoms with E-state index in [-0.39, 0.29) is 5.91 Å². The van der Waals surface area contributed by atoms with Crippen LogP contribution >= 0.6 is 11.6 Å². The van der Waals surface area contributed by atoms with Gasteiger partial charge in [0, 0.05) is 25.5 Å². The Morgan fingerprint density at radius 2 is 1.86 bits per heavy atom. The first-order valence-electron chi connectivity index (χ1n) is 6.94. The van der Waals surface area contributed by atoms with Crippen molar-refractivity contribution in [2.45, 2.75) is 0 Å². The number of anilines is 2. The molecule has 1 aromatic carbocycles. The summed E-state index contributed by atoms with van der Waals surface area (Å²) in [5, 5.41) is 3.60. The van der Waals surface area contributed by atoms with Crippen LogP contribution in [-0.4, -0.2) is 47.1 Å². The molecule has 2 aromatic rings. The first-order chi connectivity index (χ1) is 10.7. The maximum absolute atomic E-state index is 12.3. The number of hydrogen-bond donors (Lipinski definition) is 1. The molecule has 0 saturated carbocycles. The summed E-state index contributed by atoms with van der Waals surface area (Å²) in [7, 11) is 0. The Morgan fingerprint density at radius 1 is 1.18 bits per heavy atom. The maximum Gasteiger partial charge on any atom is 0.257 e. The second-order valence-corrected chi connectivity index (χ2v) is 5.21. The summed E-state index contributed by atoms with van der Waals surface area (Å²) in [6.45, 7) is 2.33. The highest BCUT2D eigenvalue weighted by molar-refractivity contribution is 6.33. The van der Waals surface area contributed by atoms with Crippen molar-refractivity contribution >= 4 is 29.1 Å². The molecule has 6 nitrogen and oxygen atoms in total. The lowest BCUT2D eigenvalue weighted by molar-refractivity contribution is 0.0302. The Kier molecular flexibility index (Phi) is 4.50. The molecule has 7 heteroatoms. The van der Waals surface area contributed by atoms with E-state index in [0.717, 1.165) is 5.69 Å². The molecule has 0 aliphatic carbocycles. The van der Waals surface area contributed by atoms with E-state index in [1.165, 1.54) is 12.4 Å². The lowest BCUT2D eigenvalue weighted by Crippen LogP contribution is -2.40. The van der Waals surface area contributed by atoms with E-state index in [2.05, 4.69) is 15.3 Å². The molecule has 3 rings (SSSR count). The number of ether oxygens (including phenoxy) is 1. The summed E-state index contributed by atoms with van der Waals surface area (Å²) in [5.41, 5.74) is 1.18. The van der Waals surface area contributed by atoms with E-state index in [0.29, 0.717) is 42.8 Å². The summed E-state index contributed by atoms with van der Waals surface area (Å²) in [6, 6.07) is 7.32. The zero-order chi connectivity index (χ0) is 15.4. The summed E-state index contributed by atoms with van der Waals surface area (Å²) >= 11 is 6.07. The van der Waals surface area contributed by atoms with Gasteiger partial charge in [0.25, 0.3) is 5.91 Å². The van der Waals surface area contributed by atoms with Gasteiger partial charge < -0.3 is 15.0 Å². The van der Waals surface area contributed by atoms with Crippen LogP contribution in [0.3, 0.4) is 0 Å². The van der Waals surface area contributed by atoms with Crippen LogP contribution in [0.25, 0.3) is 0 Å². The highest BCUT2D eigenvalue weighted by Crippen LogP contribution is 2.22. The average molecular weight is 319 g/mol. The number of hydrogen-bond acceptors (Lipinski definition) is 5. The molecular weight excluding hydrogens is 304 g/mol. The Hall–Kier alpha value is -2.18. The molecular formula is C15H15ClN4O2. The van der Waals surface area contributed by atoms with Gasteiger partial charge in [-0.1, -0.05) is 23.7 Å². The van der Waals surface area contributed by atoms with Crippen molar-refractivity contribution in [2.75, 3.05) is 31.6 Å². The second-order valence-electron chi connectivity index (χ2n) is 4.80. The zero-order valence-electron chi connectivity index (χ0n) is 11.8. The molecule has 1 fully saturated rings. The maximum atomic E-state index is 12.3. The van der Waals surface area contributed by atoms with Gasteiger partial charge in [-0.2, -0.15) is 0 Å². The van der Waals surface area contributed by atoms with Crippen LogP contribution in [0.5, 0.6) is 0 Å². The molecule has 0 unspecified atom stereocenters. The van der Waals surface area contributed by atoms with E-state index in [1.807, 2.05) is 18.2 Å². The predicted molar refractivity (Wildman–Crippen MR) is 83.5 cm³/mol. The van der Waals surface area contributed by atoms with Crippen molar-refractivity contribution in [2.24, 2.45) is 0 Å². The monoisotopic (exact) mass is 318 g/mol. The summed E-state index contributed by atoms with van der Waals surface area (Å²) in [6.07, 6.45) is 3.04. The van der Waals surface area contributed by atoms with Crippen molar-refractivity contribution in [1.82, 2.24) is 14.9 Å². The van der Waals surface area contributed by atoms with Crippen molar-refractivity contribution in [1.29, 1.82) is 0 Å². The molecule has 1 aliphatic heterocycles. The van der Waals surface area contributed by atoms with E-state index in [9.17, 15) is 4.79 Å². The molecule has 2 heterocycles. The number of para-hydroxylation sites is 1. The number of nitrogens with one attached hydrogen (secondary N) is 1. The number of morpholine rings is 1. The van der Waals surface area contributed by atoms with Crippen LogP contribution in [0.1, 0.15) is 10.4 Å². The zero-order valence-corrected chi connectivity index (χ0v) is 12.6. The molecule has 0 spiro atoms. The molecule has 1 aromatic heterocycles. The largest absolute Gasteiger partial charge is 0.378 e. The van der Waals surface area contributed by atoms with Crippen molar-refractivity contribution in [3.8, 4) is 0 Å². The van der Waals surface area contributed by atoms with Gasteiger partial charge in [0.15, 0.2) is 0 Å². The highest BCUT2D eigenvalue weighted by atomic mass is 35.5. The summed E-state index contributed by atoms with van der Waals surface area (Å²) in [5.74, 6) is 0.319. The highest BCUT2D eigenvalue weighted by Gasteiger charge is 2.19. The second kappa shape index (κ2) is 6.72. The predicted octanol–water partition coefficient (Wildman–Crippen LogP) is 2.35. The molecule has 0 bridgehead atoms. The minimum atomic E-state index is -0.0763. The molecule has 1 saturated heterocycles. The fourth-order valence-electron chi connectivity index (χ4n) is 2.14. The van der Waals surface area contributed by atoms with Gasteiger partial charge in [-0.15, -0.1) is 0 Å². The first-order valence-corrected chi connectivity index (χ1v) is 7.32. The quantitative estimate of drug-likeness (QED) is 0.941. The lowest BCUT2D eigenvalue weighted by atomic mass is 10.3. The third-order valence-corrected chi connectivity index (χ3v) is 3.65. The Labute approximate surface area is 133 Å². The van der Waals surface area contributed by atoms with Crippen LogP contribution in [0, 0.1) is 0 Å². The molecule has 0 radical (unpaired) electrons. The van der Waals surface area contributed by atoms with Gasteiger partial charge in [-0.3, -0.25) is 4.79 Å². The number of benzene rings is 1. The molecule has 1 amide bonds. The van der Waals surface area contributed by atoms with Gasteiger partial charge in [-0.25, -0.2) is 9.97 Å². The standard InChI is InChI=1S/C15H15ClN4O2/c16-12-3-1-2-4-13(12)19-15-17-9-11(10-18-15)14(21)20-5-7-22-8-6-20/h1-4,9-10H,5-8H2,(H,17,18,19). The van der Waals surface area contributed by atoms with Gasteiger partial charge in [0.2, 0.25) is 5.95 Å². The summed E-state index contributed by atoms with van der Waals surface area (Å²) in [4.78, 5) is 22.4. The fourth-order valence-corrected chi connectivity index (χ4v) is 2.32. The molecule has 0 atom stereocenters. The number of carbonyl (C=O) groups excluding carboxylic acids is 1. The van der Waals surface area contributed by atoms with E-state index >= 15 is 0 Å². The van der Waals surface area contributed by atoms with E-state index in [1.54, 1.807) is 11.0 Å². The average Bonchev–Trinajstić information content (AvgIpc) is 2.58. The van der Waals surface area contributed by atoms with Crippen molar-refractivity contribution in [3.63, 3.8) is 0 Å². The number of halogens is 1. The van der Waals surface area contributed by atoms with Gasteiger partial charge in [0.1, 0.15) is 0 Å². The number of rotatable bonds is 3. The van der Waals surface area contributed by atoms with Crippen LogP contribution in [0.15, 0.2) is 36.7 Å². The minimum Gasteiger partial charge on any atom is -0.378 e. The number of amides is 1. The number of nitrogens with zero attached hydrogens (tertiary/aromatic N) is 3. The van der Waals surface area contributed by atoms with E-state index in [4.69, 9.17) is 16.3 Å². The molecule has 1 aliphatic rings. The fraction of sp³-hybridized carbons (Fsp3) is 0.267. The molecule has 22 heavy (non-hydrogen) atoms. The number of aromatic nitrogens is 2. The van der Waals surface area contributed by atoms with Crippen molar-refractivity contribution < 1.29 is 9.53 Å². The van der Waals surface area contributed by atoms with Gasteiger partial charge in [0.05, 0.1) is 29.5 Å². The Balaban J connectivity index is 1.70. The van der Waals surface area contributed by atoms with Crippen LogP contribution in [-0.2, 0) is 4.74 Å². The first kappa shape index (κ1) is 14.7. The third kappa shape index (κ3) is 3.35. The minimum absolute atomic E-state index is 0.0763. The third-order valence-electron chi connectivity index (χ3n) is 3.32. The lowest BCUT2D eigenvalue weighted by Gasteiger charge is -2.26. The van der Waals surface area contributed by atoms with Crippen LogP contribution in [0.2, 0.25) is 5.02 Å². The van der Waals surface area contributed by atoms with Gasteiger partial charge >= 0.3 is 0 Å². The summed E-state index contributed by atoms with van der Waals surface area (Å²) < 4.78 is 5.23. The molecule has 114 valence electrons. The molecule has 1 N–H and O–H groups in total. The Morgan fingerprint density at radius 3 is 2.55 bits per heavy atom. The number of carbonyl (C=O) groups is 1. The smallest absolute Gasteiger partial charge is 0.257 e. The van der Waals surface area contributed by atoms with Crippen molar-refractivity contribution in [3.05, 3.63) is 47.2 Å². The van der Waals surface area contributed by atoms with Gasteiger partial charge in [-0.05, 0) is 12.1 Å². The SMILES string of the molecule is O=C(c1cnc(Nc2ccccc2Cl)nc1)N1CCOCC1. The van der Waals surface area contributed by atoms with Crippen LogP contribution in [0.4, 0.5) is 11.6 Å².